The summed E-state index contributed by atoms with van der Waals surface area (Å²) >= 11 is 5.75. The van der Waals surface area contributed by atoms with Crippen molar-refractivity contribution in [1.82, 2.24) is 4.72 Å². The van der Waals surface area contributed by atoms with Gasteiger partial charge in [0.2, 0.25) is 10.0 Å². The van der Waals surface area contributed by atoms with Gasteiger partial charge < -0.3 is 5.32 Å². The van der Waals surface area contributed by atoms with E-state index in [0.717, 1.165) is 6.07 Å². The van der Waals surface area contributed by atoms with Crippen LogP contribution in [-0.4, -0.2) is 20.9 Å². The van der Waals surface area contributed by atoms with E-state index < -0.39 is 21.7 Å². The van der Waals surface area contributed by atoms with Crippen LogP contribution in [0.15, 0.2) is 47.4 Å². The number of carbonyl (C=O) groups excluding carboxylic acids is 1. The van der Waals surface area contributed by atoms with Crippen molar-refractivity contribution >= 4 is 33.2 Å². The number of halogens is 2. The molecule has 25 heavy (non-hydrogen) atoms. The zero-order valence-electron chi connectivity index (χ0n) is 13.7. The van der Waals surface area contributed by atoms with E-state index in [2.05, 4.69) is 10.0 Å². The van der Waals surface area contributed by atoms with Crippen molar-refractivity contribution in [2.24, 2.45) is 5.92 Å². The molecule has 0 spiro atoms. The molecule has 0 bridgehead atoms. The van der Waals surface area contributed by atoms with Crippen molar-refractivity contribution in [3.8, 4) is 0 Å². The lowest BCUT2D eigenvalue weighted by Crippen LogP contribution is -2.27. The number of sulfonamides is 1. The Morgan fingerprint density at radius 2 is 1.80 bits per heavy atom. The van der Waals surface area contributed by atoms with Crippen LogP contribution in [0.1, 0.15) is 24.2 Å². The van der Waals surface area contributed by atoms with E-state index in [4.69, 9.17) is 11.6 Å². The molecule has 0 atom stereocenters. The number of anilines is 1. The summed E-state index contributed by atoms with van der Waals surface area (Å²) in [6.45, 7) is 3.97. The van der Waals surface area contributed by atoms with Crippen molar-refractivity contribution in [1.29, 1.82) is 0 Å². The Bertz CT molecular complexity index is 868. The molecule has 0 saturated heterocycles. The second kappa shape index (κ2) is 7.95. The Balaban J connectivity index is 2.16. The number of hydrogen-bond acceptors (Lipinski definition) is 3. The highest BCUT2D eigenvalue weighted by Gasteiger charge is 2.17. The molecule has 0 aliphatic rings. The third-order valence-electron chi connectivity index (χ3n) is 3.29. The van der Waals surface area contributed by atoms with Gasteiger partial charge in [0.05, 0.1) is 10.6 Å². The zero-order chi connectivity index (χ0) is 18.6. The summed E-state index contributed by atoms with van der Waals surface area (Å²) in [5.41, 5.74) is 0.196. The first-order chi connectivity index (χ1) is 11.7. The second-order valence-electron chi connectivity index (χ2n) is 5.85. The van der Waals surface area contributed by atoms with Crippen LogP contribution in [0.2, 0.25) is 5.02 Å². The Labute approximate surface area is 151 Å². The molecule has 0 aromatic heterocycles. The standard InChI is InChI=1S/C17H18ClFN2O3S/c1-11(2)10-20-25(23,24)14-7-8-16(15(19)9-14)21-17(22)12-3-5-13(18)6-4-12/h3-9,11,20H,10H2,1-2H3,(H,21,22). The molecule has 0 radical (unpaired) electrons. The van der Waals surface area contributed by atoms with E-state index in [9.17, 15) is 17.6 Å². The second-order valence-corrected chi connectivity index (χ2v) is 8.05. The van der Waals surface area contributed by atoms with Crippen LogP contribution < -0.4 is 10.0 Å². The number of benzene rings is 2. The minimum Gasteiger partial charge on any atom is -0.319 e. The molecule has 0 fully saturated rings. The van der Waals surface area contributed by atoms with Crippen molar-refractivity contribution in [3.05, 3.63) is 58.9 Å². The number of carbonyl (C=O) groups is 1. The molecule has 0 saturated carbocycles. The lowest BCUT2D eigenvalue weighted by molar-refractivity contribution is 0.102. The molecule has 0 heterocycles. The van der Waals surface area contributed by atoms with Gasteiger partial charge in [-0.2, -0.15) is 0 Å². The molecule has 2 aromatic carbocycles. The van der Waals surface area contributed by atoms with Crippen LogP contribution in [-0.2, 0) is 10.0 Å². The zero-order valence-corrected chi connectivity index (χ0v) is 15.3. The molecule has 1 amide bonds. The summed E-state index contributed by atoms with van der Waals surface area (Å²) in [7, 11) is -3.80. The van der Waals surface area contributed by atoms with E-state index in [0.29, 0.717) is 10.6 Å². The highest BCUT2D eigenvalue weighted by atomic mass is 35.5. The third-order valence-corrected chi connectivity index (χ3v) is 4.96. The monoisotopic (exact) mass is 384 g/mol. The number of nitrogens with one attached hydrogen (secondary N) is 2. The van der Waals surface area contributed by atoms with Gasteiger partial charge in [-0.3, -0.25) is 4.79 Å². The van der Waals surface area contributed by atoms with Gasteiger partial charge in [0, 0.05) is 17.1 Å². The molecule has 8 heteroatoms. The van der Waals surface area contributed by atoms with E-state index in [1.54, 1.807) is 12.1 Å². The number of hydrogen-bond donors (Lipinski definition) is 2. The van der Waals surface area contributed by atoms with Crippen LogP contribution in [0, 0.1) is 11.7 Å². The molecule has 2 rings (SSSR count). The summed E-state index contributed by atoms with van der Waals surface area (Å²) in [6, 6.07) is 9.43. The van der Waals surface area contributed by atoms with Gasteiger partial charge in [-0.25, -0.2) is 17.5 Å². The minimum atomic E-state index is -3.80. The molecule has 0 unspecified atom stereocenters. The van der Waals surface area contributed by atoms with Gasteiger partial charge in [-0.1, -0.05) is 25.4 Å². The lowest BCUT2D eigenvalue weighted by Gasteiger charge is -2.11. The molecule has 2 N–H and O–H groups in total. The van der Waals surface area contributed by atoms with Crippen molar-refractivity contribution < 1.29 is 17.6 Å². The van der Waals surface area contributed by atoms with Crippen LogP contribution in [0.25, 0.3) is 0 Å². The van der Waals surface area contributed by atoms with Crippen molar-refractivity contribution in [2.75, 3.05) is 11.9 Å². The topological polar surface area (TPSA) is 75.3 Å². The summed E-state index contributed by atoms with van der Waals surface area (Å²) in [6.07, 6.45) is 0. The first kappa shape index (κ1) is 19.4. The first-order valence-corrected chi connectivity index (χ1v) is 9.41. The molecule has 0 aliphatic carbocycles. The van der Waals surface area contributed by atoms with E-state index >= 15 is 0 Å². The van der Waals surface area contributed by atoms with Gasteiger partial charge >= 0.3 is 0 Å². The lowest BCUT2D eigenvalue weighted by atomic mass is 10.2. The molecule has 134 valence electrons. The first-order valence-electron chi connectivity index (χ1n) is 7.55. The smallest absolute Gasteiger partial charge is 0.255 e. The fourth-order valence-electron chi connectivity index (χ4n) is 1.92. The fourth-order valence-corrected chi connectivity index (χ4v) is 3.27. The van der Waals surface area contributed by atoms with Crippen LogP contribution in [0.3, 0.4) is 0 Å². The molecular weight excluding hydrogens is 367 g/mol. The average molecular weight is 385 g/mol. The van der Waals surface area contributed by atoms with Crippen molar-refractivity contribution in [2.45, 2.75) is 18.7 Å². The highest BCUT2D eigenvalue weighted by Crippen LogP contribution is 2.20. The van der Waals surface area contributed by atoms with Gasteiger partial charge in [-0.15, -0.1) is 0 Å². The number of amides is 1. The van der Waals surface area contributed by atoms with Crippen molar-refractivity contribution in [3.63, 3.8) is 0 Å². The SMILES string of the molecule is CC(C)CNS(=O)(=O)c1ccc(NC(=O)c2ccc(Cl)cc2)c(F)c1. The Hall–Kier alpha value is -1.96. The fraction of sp³-hybridized carbons (Fsp3) is 0.235. The largest absolute Gasteiger partial charge is 0.319 e. The quantitative estimate of drug-likeness (QED) is 0.797. The highest BCUT2D eigenvalue weighted by molar-refractivity contribution is 7.89. The van der Waals surface area contributed by atoms with Gasteiger partial charge in [-0.05, 0) is 48.4 Å². The summed E-state index contributed by atoms with van der Waals surface area (Å²) in [5, 5.41) is 2.88. The summed E-state index contributed by atoms with van der Waals surface area (Å²) in [5.74, 6) is -1.24. The molecule has 2 aromatic rings. The maximum atomic E-state index is 14.2. The average Bonchev–Trinajstić information content (AvgIpc) is 2.55. The predicted molar refractivity (Wildman–Crippen MR) is 95.8 cm³/mol. The summed E-state index contributed by atoms with van der Waals surface area (Å²) < 4.78 is 40.8. The predicted octanol–water partition coefficient (Wildman–Crippen LogP) is 3.67. The minimum absolute atomic E-state index is 0.109. The normalized spacial score (nSPS) is 11.6. The number of rotatable bonds is 6. The van der Waals surface area contributed by atoms with Gasteiger partial charge in [0.25, 0.3) is 5.91 Å². The maximum Gasteiger partial charge on any atom is 0.255 e. The Morgan fingerprint density at radius 1 is 1.16 bits per heavy atom. The Kier molecular flexibility index (Phi) is 6.16. The third kappa shape index (κ3) is 5.26. The summed E-state index contributed by atoms with van der Waals surface area (Å²) in [4.78, 5) is 11.9. The van der Waals surface area contributed by atoms with E-state index in [1.165, 1.54) is 24.3 Å². The van der Waals surface area contributed by atoms with Gasteiger partial charge in [0.1, 0.15) is 5.82 Å². The Morgan fingerprint density at radius 3 is 2.36 bits per heavy atom. The van der Waals surface area contributed by atoms with Crippen LogP contribution in [0.4, 0.5) is 10.1 Å². The van der Waals surface area contributed by atoms with E-state index in [1.807, 2.05) is 13.8 Å². The van der Waals surface area contributed by atoms with Crippen LogP contribution in [0.5, 0.6) is 0 Å². The molecule has 5 nitrogen and oxygen atoms in total. The molecular formula is C17H18ClFN2O3S. The maximum absolute atomic E-state index is 14.2. The van der Waals surface area contributed by atoms with E-state index in [-0.39, 0.29) is 23.0 Å². The molecule has 0 aliphatic heterocycles. The van der Waals surface area contributed by atoms with Crippen LogP contribution >= 0.6 is 11.6 Å². The van der Waals surface area contributed by atoms with Gasteiger partial charge in [0.15, 0.2) is 0 Å².